The van der Waals surface area contributed by atoms with Crippen LogP contribution in [0.15, 0.2) is 66.9 Å². The van der Waals surface area contributed by atoms with E-state index in [1.807, 2.05) is 0 Å². The Hall–Kier alpha value is -3.42. The average molecular weight is 390 g/mol. The van der Waals surface area contributed by atoms with Crippen molar-refractivity contribution in [3.8, 4) is 11.1 Å². The SMILES string of the molecule is O=C(NCc1cccc[n+]1[O-])c1cc(-c2ccc(C(F)(F)F)cc2)ccc1F. The monoisotopic (exact) mass is 390 g/mol. The Labute approximate surface area is 157 Å². The number of aromatic nitrogens is 1. The van der Waals surface area contributed by atoms with Crippen LogP contribution in [-0.4, -0.2) is 5.91 Å². The fourth-order valence-electron chi connectivity index (χ4n) is 2.60. The van der Waals surface area contributed by atoms with Crippen LogP contribution < -0.4 is 10.0 Å². The lowest BCUT2D eigenvalue weighted by molar-refractivity contribution is -0.614. The first-order chi connectivity index (χ1) is 13.3. The highest BCUT2D eigenvalue weighted by molar-refractivity contribution is 5.95. The molecule has 0 aliphatic heterocycles. The number of benzene rings is 2. The molecule has 3 aromatic rings. The van der Waals surface area contributed by atoms with Gasteiger partial charge in [0, 0.05) is 12.1 Å². The topological polar surface area (TPSA) is 56.0 Å². The van der Waals surface area contributed by atoms with Gasteiger partial charge in [0.2, 0.25) is 5.69 Å². The third-order valence-corrected chi connectivity index (χ3v) is 4.09. The second kappa shape index (κ2) is 7.67. The van der Waals surface area contributed by atoms with Crippen LogP contribution in [0.5, 0.6) is 0 Å². The smallest absolute Gasteiger partial charge is 0.416 e. The summed E-state index contributed by atoms with van der Waals surface area (Å²) in [6, 6.07) is 12.7. The number of hydrogen-bond donors (Lipinski definition) is 1. The maximum absolute atomic E-state index is 14.1. The molecule has 0 spiro atoms. The molecule has 4 nitrogen and oxygen atoms in total. The maximum atomic E-state index is 14.1. The Bertz CT molecular complexity index is 1000. The normalized spacial score (nSPS) is 11.3. The van der Waals surface area contributed by atoms with Crippen molar-refractivity contribution in [2.24, 2.45) is 0 Å². The fraction of sp³-hybridized carbons (Fsp3) is 0.100. The molecule has 0 saturated carbocycles. The summed E-state index contributed by atoms with van der Waals surface area (Å²) in [5, 5.41) is 14.0. The number of rotatable bonds is 4. The van der Waals surface area contributed by atoms with Crippen LogP contribution in [0.3, 0.4) is 0 Å². The summed E-state index contributed by atoms with van der Waals surface area (Å²) in [6.07, 6.45) is -3.18. The molecule has 1 heterocycles. The van der Waals surface area contributed by atoms with Crippen LogP contribution in [0.4, 0.5) is 17.6 Å². The zero-order valence-electron chi connectivity index (χ0n) is 14.3. The summed E-state index contributed by atoms with van der Waals surface area (Å²) in [5.41, 5.74) is -0.00702. The summed E-state index contributed by atoms with van der Waals surface area (Å²) in [5.74, 6) is -1.52. The molecule has 1 N–H and O–H groups in total. The molecule has 3 rings (SSSR count). The molecule has 144 valence electrons. The van der Waals surface area contributed by atoms with Crippen LogP contribution in [-0.2, 0) is 12.7 Å². The zero-order chi connectivity index (χ0) is 20.3. The van der Waals surface area contributed by atoms with Crippen molar-refractivity contribution in [2.75, 3.05) is 0 Å². The van der Waals surface area contributed by atoms with E-state index >= 15 is 0 Å². The number of carbonyl (C=O) groups excluding carboxylic acids is 1. The number of halogens is 4. The molecule has 0 unspecified atom stereocenters. The first-order valence-corrected chi connectivity index (χ1v) is 8.18. The van der Waals surface area contributed by atoms with Gasteiger partial charge in [0.15, 0.2) is 6.20 Å². The third-order valence-electron chi connectivity index (χ3n) is 4.09. The Balaban J connectivity index is 1.81. The largest absolute Gasteiger partial charge is 0.618 e. The van der Waals surface area contributed by atoms with Gasteiger partial charge in [-0.25, -0.2) is 4.39 Å². The molecule has 1 amide bonds. The minimum absolute atomic E-state index is 0.104. The molecule has 0 fully saturated rings. The standard InChI is InChI=1S/C20H14F4N2O2/c21-18-9-6-14(13-4-7-15(8-5-13)20(22,23)24)11-17(18)19(27)25-12-16-3-1-2-10-26(16)28/h1-11H,12H2,(H,25,27). The third kappa shape index (κ3) is 4.28. The molecule has 2 aromatic carbocycles. The summed E-state index contributed by atoms with van der Waals surface area (Å²) in [4.78, 5) is 12.3. The van der Waals surface area contributed by atoms with E-state index in [0.29, 0.717) is 15.9 Å². The van der Waals surface area contributed by atoms with E-state index in [1.165, 1.54) is 42.6 Å². The van der Waals surface area contributed by atoms with Crippen molar-refractivity contribution in [2.45, 2.75) is 12.7 Å². The van der Waals surface area contributed by atoms with E-state index in [9.17, 15) is 27.6 Å². The van der Waals surface area contributed by atoms with Gasteiger partial charge in [0.1, 0.15) is 12.4 Å². The number of alkyl halides is 3. The Kier molecular flexibility index (Phi) is 5.30. The van der Waals surface area contributed by atoms with Crippen molar-refractivity contribution in [3.05, 3.63) is 94.7 Å². The van der Waals surface area contributed by atoms with Gasteiger partial charge in [-0.2, -0.15) is 17.9 Å². The summed E-state index contributed by atoms with van der Waals surface area (Å²) in [7, 11) is 0. The molecular weight excluding hydrogens is 376 g/mol. The summed E-state index contributed by atoms with van der Waals surface area (Å²) < 4.78 is 52.7. The van der Waals surface area contributed by atoms with Crippen molar-refractivity contribution in [1.29, 1.82) is 0 Å². The van der Waals surface area contributed by atoms with Crippen molar-refractivity contribution in [3.63, 3.8) is 0 Å². The van der Waals surface area contributed by atoms with Gasteiger partial charge in [0.05, 0.1) is 11.1 Å². The van der Waals surface area contributed by atoms with Crippen LogP contribution in [0, 0.1) is 11.0 Å². The van der Waals surface area contributed by atoms with E-state index < -0.39 is 23.5 Å². The lowest BCUT2D eigenvalue weighted by atomic mass is 10.0. The molecule has 0 aliphatic rings. The van der Waals surface area contributed by atoms with Crippen molar-refractivity contribution in [1.82, 2.24) is 5.32 Å². The van der Waals surface area contributed by atoms with Crippen LogP contribution in [0.25, 0.3) is 11.1 Å². The van der Waals surface area contributed by atoms with Crippen LogP contribution in [0.2, 0.25) is 0 Å². The van der Waals surface area contributed by atoms with Gasteiger partial charge in [-0.05, 0) is 41.5 Å². The van der Waals surface area contributed by atoms with E-state index in [4.69, 9.17) is 0 Å². The second-order valence-electron chi connectivity index (χ2n) is 5.97. The van der Waals surface area contributed by atoms with Crippen LogP contribution >= 0.6 is 0 Å². The van der Waals surface area contributed by atoms with Crippen LogP contribution in [0.1, 0.15) is 21.6 Å². The maximum Gasteiger partial charge on any atom is 0.416 e. The highest BCUT2D eigenvalue weighted by Gasteiger charge is 2.30. The van der Waals surface area contributed by atoms with Gasteiger partial charge in [0.25, 0.3) is 5.91 Å². The number of pyridine rings is 1. The lowest BCUT2D eigenvalue weighted by Crippen LogP contribution is -2.35. The lowest BCUT2D eigenvalue weighted by Gasteiger charge is -2.10. The van der Waals surface area contributed by atoms with E-state index in [0.717, 1.165) is 18.2 Å². The number of nitrogens with zero attached hydrogens (tertiary/aromatic N) is 1. The second-order valence-corrected chi connectivity index (χ2v) is 5.97. The van der Waals surface area contributed by atoms with E-state index in [1.54, 1.807) is 6.07 Å². The Morgan fingerprint density at radius 3 is 2.32 bits per heavy atom. The zero-order valence-corrected chi connectivity index (χ0v) is 14.3. The summed E-state index contributed by atoms with van der Waals surface area (Å²) >= 11 is 0. The van der Waals surface area contributed by atoms with Crippen molar-refractivity contribution >= 4 is 5.91 Å². The molecule has 0 aliphatic carbocycles. The highest BCUT2D eigenvalue weighted by Crippen LogP contribution is 2.31. The van der Waals surface area contributed by atoms with Gasteiger partial charge >= 0.3 is 6.18 Å². The molecule has 0 bridgehead atoms. The molecule has 0 radical (unpaired) electrons. The predicted octanol–water partition coefficient (Wildman–Crippen LogP) is 4.07. The molecular formula is C20H14F4N2O2. The van der Waals surface area contributed by atoms with Gasteiger partial charge < -0.3 is 10.5 Å². The first kappa shape index (κ1) is 19.3. The Morgan fingerprint density at radius 2 is 1.68 bits per heavy atom. The molecule has 0 saturated heterocycles. The Morgan fingerprint density at radius 1 is 1.00 bits per heavy atom. The van der Waals surface area contributed by atoms with Gasteiger partial charge in [-0.15, -0.1) is 0 Å². The average Bonchev–Trinajstić information content (AvgIpc) is 2.67. The number of amides is 1. The number of nitrogens with one attached hydrogen (secondary N) is 1. The number of carbonyl (C=O) groups is 1. The molecule has 8 heteroatoms. The van der Waals surface area contributed by atoms with Crippen molar-refractivity contribution < 1.29 is 27.1 Å². The quantitative estimate of drug-likeness (QED) is 0.415. The van der Waals surface area contributed by atoms with Gasteiger partial charge in [-0.1, -0.05) is 18.2 Å². The first-order valence-electron chi connectivity index (χ1n) is 8.18. The predicted molar refractivity (Wildman–Crippen MR) is 93.4 cm³/mol. The minimum Gasteiger partial charge on any atom is -0.618 e. The molecule has 28 heavy (non-hydrogen) atoms. The number of hydrogen-bond acceptors (Lipinski definition) is 2. The van der Waals surface area contributed by atoms with E-state index in [2.05, 4.69) is 5.32 Å². The minimum atomic E-state index is -4.46. The van der Waals surface area contributed by atoms with Gasteiger partial charge in [-0.3, -0.25) is 4.79 Å². The molecule has 1 aromatic heterocycles. The molecule has 0 atom stereocenters. The summed E-state index contributed by atoms with van der Waals surface area (Å²) in [6.45, 7) is -0.104. The van der Waals surface area contributed by atoms with E-state index in [-0.39, 0.29) is 17.8 Å². The fourth-order valence-corrected chi connectivity index (χ4v) is 2.60. The highest BCUT2D eigenvalue weighted by atomic mass is 19.4.